The van der Waals surface area contributed by atoms with E-state index in [4.69, 9.17) is 11.6 Å². The number of rotatable bonds is 7. The van der Waals surface area contributed by atoms with Crippen LogP contribution in [-0.2, 0) is 11.2 Å². The van der Waals surface area contributed by atoms with Gasteiger partial charge in [0.1, 0.15) is 5.82 Å². The van der Waals surface area contributed by atoms with Gasteiger partial charge in [0.05, 0.1) is 5.56 Å². The summed E-state index contributed by atoms with van der Waals surface area (Å²) in [6, 6.07) is 13.2. The maximum absolute atomic E-state index is 13.5. The number of Topliss-reactive ketones (excluding diaryl/α,β-unsaturated/α-hetero) is 1. The largest absolute Gasteiger partial charge is 0.356 e. The first-order valence-electron chi connectivity index (χ1n) is 7.35. The van der Waals surface area contributed by atoms with Crippen LogP contribution in [0.1, 0.15) is 28.8 Å². The standard InChI is InChI=1S/C18H17ClFNO2/c19-14-7-5-13(6-8-14)11-12-21-18(23)10-9-17(22)15-3-1-2-4-16(15)20/h1-8H,9-12H2,(H,21,23). The third-order valence-electron chi connectivity index (χ3n) is 3.40. The second-order valence-electron chi connectivity index (χ2n) is 5.13. The maximum Gasteiger partial charge on any atom is 0.220 e. The highest BCUT2D eigenvalue weighted by molar-refractivity contribution is 6.30. The molecule has 2 aromatic carbocycles. The van der Waals surface area contributed by atoms with Crippen molar-refractivity contribution in [3.05, 3.63) is 70.5 Å². The lowest BCUT2D eigenvalue weighted by Crippen LogP contribution is -2.26. The number of carbonyl (C=O) groups is 2. The van der Waals surface area contributed by atoms with Crippen molar-refractivity contribution in [1.29, 1.82) is 0 Å². The summed E-state index contributed by atoms with van der Waals surface area (Å²) in [6.07, 6.45) is 0.728. The number of nitrogens with one attached hydrogen (secondary N) is 1. The molecule has 0 aliphatic heterocycles. The molecule has 120 valence electrons. The third kappa shape index (κ3) is 5.49. The summed E-state index contributed by atoms with van der Waals surface area (Å²) in [4.78, 5) is 23.6. The van der Waals surface area contributed by atoms with Crippen molar-refractivity contribution in [2.45, 2.75) is 19.3 Å². The Labute approximate surface area is 139 Å². The van der Waals surface area contributed by atoms with E-state index in [1.807, 2.05) is 12.1 Å². The molecule has 2 rings (SSSR count). The van der Waals surface area contributed by atoms with E-state index in [2.05, 4.69) is 5.32 Å². The van der Waals surface area contributed by atoms with Crippen molar-refractivity contribution in [2.24, 2.45) is 0 Å². The smallest absolute Gasteiger partial charge is 0.220 e. The normalized spacial score (nSPS) is 10.3. The average molecular weight is 334 g/mol. The first kappa shape index (κ1) is 17.2. The van der Waals surface area contributed by atoms with E-state index in [1.165, 1.54) is 18.2 Å². The number of halogens is 2. The Morgan fingerprint density at radius 3 is 2.39 bits per heavy atom. The van der Waals surface area contributed by atoms with Crippen LogP contribution in [0.4, 0.5) is 4.39 Å². The fourth-order valence-electron chi connectivity index (χ4n) is 2.13. The van der Waals surface area contributed by atoms with Crippen LogP contribution in [0.15, 0.2) is 48.5 Å². The average Bonchev–Trinajstić information content (AvgIpc) is 2.55. The Morgan fingerprint density at radius 2 is 1.70 bits per heavy atom. The highest BCUT2D eigenvalue weighted by Crippen LogP contribution is 2.11. The monoisotopic (exact) mass is 333 g/mol. The lowest BCUT2D eigenvalue weighted by atomic mass is 10.1. The number of benzene rings is 2. The van der Waals surface area contributed by atoms with Gasteiger partial charge in [0.15, 0.2) is 5.78 Å². The summed E-state index contributed by atoms with van der Waals surface area (Å²) in [6.45, 7) is 0.481. The zero-order chi connectivity index (χ0) is 16.7. The van der Waals surface area contributed by atoms with Gasteiger partial charge in [0.25, 0.3) is 0 Å². The van der Waals surface area contributed by atoms with Crippen molar-refractivity contribution < 1.29 is 14.0 Å². The molecule has 3 nitrogen and oxygen atoms in total. The first-order chi connectivity index (χ1) is 11.1. The van der Waals surface area contributed by atoms with Gasteiger partial charge in [-0.2, -0.15) is 0 Å². The minimum atomic E-state index is -0.555. The highest BCUT2D eigenvalue weighted by Gasteiger charge is 2.12. The van der Waals surface area contributed by atoms with Crippen LogP contribution in [0.3, 0.4) is 0 Å². The van der Waals surface area contributed by atoms with E-state index < -0.39 is 5.82 Å². The highest BCUT2D eigenvalue weighted by atomic mass is 35.5. The van der Waals surface area contributed by atoms with Crippen molar-refractivity contribution in [3.63, 3.8) is 0 Å². The summed E-state index contributed by atoms with van der Waals surface area (Å²) in [5.41, 5.74) is 1.10. The predicted octanol–water partition coefficient (Wildman–Crippen LogP) is 3.80. The van der Waals surface area contributed by atoms with Crippen LogP contribution in [0.5, 0.6) is 0 Å². The molecule has 1 N–H and O–H groups in total. The van der Waals surface area contributed by atoms with Gasteiger partial charge in [-0.15, -0.1) is 0 Å². The molecule has 0 saturated heterocycles. The van der Waals surface area contributed by atoms with E-state index in [0.717, 1.165) is 5.56 Å². The van der Waals surface area contributed by atoms with Gasteiger partial charge in [-0.1, -0.05) is 35.9 Å². The maximum atomic E-state index is 13.5. The van der Waals surface area contributed by atoms with Gasteiger partial charge < -0.3 is 5.32 Å². The lowest BCUT2D eigenvalue weighted by Gasteiger charge is -2.06. The van der Waals surface area contributed by atoms with E-state index in [0.29, 0.717) is 18.0 Å². The molecule has 0 bridgehead atoms. The second-order valence-corrected chi connectivity index (χ2v) is 5.57. The molecule has 0 saturated carbocycles. The number of hydrogen-bond acceptors (Lipinski definition) is 2. The van der Waals surface area contributed by atoms with Crippen LogP contribution in [0.2, 0.25) is 5.02 Å². The Bertz CT molecular complexity index is 686. The zero-order valence-electron chi connectivity index (χ0n) is 12.5. The first-order valence-corrected chi connectivity index (χ1v) is 7.73. The van der Waals surface area contributed by atoms with Crippen LogP contribution in [0, 0.1) is 5.82 Å². The molecule has 0 aliphatic carbocycles. The van der Waals surface area contributed by atoms with Crippen LogP contribution < -0.4 is 5.32 Å². The van der Waals surface area contributed by atoms with E-state index in [1.54, 1.807) is 18.2 Å². The Balaban J connectivity index is 1.72. The molecule has 0 atom stereocenters. The minimum absolute atomic E-state index is 0.00624. The van der Waals surface area contributed by atoms with Gasteiger partial charge in [-0.05, 0) is 36.2 Å². The lowest BCUT2D eigenvalue weighted by molar-refractivity contribution is -0.121. The molecule has 0 aromatic heterocycles. The molecule has 1 amide bonds. The quantitative estimate of drug-likeness (QED) is 0.783. The minimum Gasteiger partial charge on any atom is -0.356 e. The molecule has 0 heterocycles. The molecule has 0 spiro atoms. The molecule has 0 fully saturated rings. The predicted molar refractivity (Wildman–Crippen MR) is 88.1 cm³/mol. The van der Waals surface area contributed by atoms with E-state index in [-0.39, 0.29) is 30.1 Å². The topological polar surface area (TPSA) is 46.2 Å². The van der Waals surface area contributed by atoms with Crippen LogP contribution in [0.25, 0.3) is 0 Å². The number of hydrogen-bond donors (Lipinski definition) is 1. The molecule has 23 heavy (non-hydrogen) atoms. The van der Waals surface area contributed by atoms with Crippen molar-refractivity contribution in [2.75, 3.05) is 6.54 Å². The molecule has 0 aliphatic rings. The molecule has 2 aromatic rings. The summed E-state index contributed by atoms with van der Waals surface area (Å²) < 4.78 is 13.5. The molecule has 5 heteroatoms. The summed E-state index contributed by atoms with van der Waals surface area (Å²) >= 11 is 5.80. The van der Waals surface area contributed by atoms with Crippen molar-refractivity contribution in [3.8, 4) is 0 Å². The second kappa shape index (κ2) is 8.44. The SMILES string of the molecule is O=C(CCC(=O)c1ccccc1F)NCCc1ccc(Cl)cc1. The number of amides is 1. The van der Waals surface area contributed by atoms with Gasteiger partial charge in [-0.25, -0.2) is 4.39 Å². The van der Waals surface area contributed by atoms with Gasteiger partial charge in [-0.3, -0.25) is 9.59 Å². The molecule has 0 radical (unpaired) electrons. The summed E-state index contributed by atoms with van der Waals surface area (Å²) in [5.74, 6) is -1.14. The van der Waals surface area contributed by atoms with Gasteiger partial charge in [0, 0.05) is 24.4 Å². The third-order valence-corrected chi connectivity index (χ3v) is 3.65. The van der Waals surface area contributed by atoms with Crippen molar-refractivity contribution >= 4 is 23.3 Å². The zero-order valence-corrected chi connectivity index (χ0v) is 13.3. The molecular weight excluding hydrogens is 317 g/mol. The summed E-state index contributed by atoms with van der Waals surface area (Å²) in [7, 11) is 0. The molecular formula is C18H17ClFNO2. The van der Waals surface area contributed by atoms with Gasteiger partial charge >= 0.3 is 0 Å². The van der Waals surface area contributed by atoms with E-state index in [9.17, 15) is 14.0 Å². The number of carbonyl (C=O) groups excluding carboxylic acids is 2. The number of ketones is 1. The van der Waals surface area contributed by atoms with E-state index >= 15 is 0 Å². The fraction of sp³-hybridized carbons (Fsp3) is 0.222. The molecule has 0 unspecified atom stereocenters. The van der Waals surface area contributed by atoms with Gasteiger partial charge in [0.2, 0.25) is 5.91 Å². The fourth-order valence-corrected chi connectivity index (χ4v) is 2.26. The van der Waals surface area contributed by atoms with Crippen molar-refractivity contribution in [1.82, 2.24) is 5.32 Å². The Hall–Kier alpha value is -2.20. The Morgan fingerprint density at radius 1 is 1.00 bits per heavy atom. The summed E-state index contributed by atoms with van der Waals surface area (Å²) in [5, 5.41) is 3.42. The van der Waals surface area contributed by atoms with Crippen LogP contribution in [-0.4, -0.2) is 18.2 Å². The Kier molecular flexibility index (Phi) is 6.29. The van der Waals surface area contributed by atoms with Crippen LogP contribution >= 0.6 is 11.6 Å².